The quantitative estimate of drug-likeness (QED) is 0.330. The summed E-state index contributed by atoms with van der Waals surface area (Å²) in [6.07, 6.45) is 1.76. The van der Waals surface area contributed by atoms with Crippen LogP contribution in [0, 0.1) is 0 Å². The van der Waals surface area contributed by atoms with Crippen molar-refractivity contribution in [1.29, 1.82) is 0 Å². The average Bonchev–Trinajstić information content (AvgIpc) is 3.28. The zero-order chi connectivity index (χ0) is 22.8. The molecule has 2 aromatic heterocycles. The van der Waals surface area contributed by atoms with Crippen LogP contribution in [0.1, 0.15) is 0 Å². The monoisotopic (exact) mass is 468 g/mol. The molecule has 1 N–H and O–H groups in total. The van der Waals surface area contributed by atoms with E-state index in [9.17, 15) is 9.59 Å². The van der Waals surface area contributed by atoms with Gasteiger partial charge in [0.05, 0.1) is 16.8 Å². The number of allylic oxidation sites excluding steroid dienone is 1. The molecule has 32 heavy (non-hydrogen) atoms. The van der Waals surface area contributed by atoms with Crippen LogP contribution >= 0.6 is 23.4 Å². The molecule has 164 valence electrons. The number of nitrogens with one attached hydrogen (secondary N) is 1. The molecule has 4 rings (SSSR count). The van der Waals surface area contributed by atoms with E-state index in [1.807, 2.05) is 22.8 Å². The van der Waals surface area contributed by atoms with Crippen molar-refractivity contribution in [3.05, 3.63) is 70.6 Å². The van der Waals surface area contributed by atoms with Crippen LogP contribution in [0.2, 0.25) is 5.02 Å². The lowest BCUT2D eigenvalue weighted by molar-refractivity contribution is -0.113. The van der Waals surface area contributed by atoms with Gasteiger partial charge in [-0.2, -0.15) is 0 Å². The number of carbonyl (C=O) groups is 1. The molecular weight excluding hydrogens is 448 g/mol. The number of benzene rings is 2. The Morgan fingerprint density at radius 3 is 2.56 bits per heavy atom. The predicted octanol–water partition coefficient (Wildman–Crippen LogP) is 3.71. The fourth-order valence-electron chi connectivity index (χ4n) is 3.41. The molecule has 2 heterocycles. The van der Waals surface area contributed by atoms with Gasteiger partial charge in [0, 0.05) is 36.9 Å². The van der Waals surface area contributed by atoms with Gasteiger partial charge in [-0.1, -0.05) is 29.4 Å². The molecule has 0 saturated carbocycles. The number of hydrogen-bond donors (Lipinski definition) is 1. The van der Waals surface area contributed by atoms with Gasteiger partial charge < -0.3 is 5.32 Å². The van der Waals surface area contributed by atoms with E-state index >= 15 is 0 Å². The first-order valence-corrected chi connectivity index (χ1v) is 11.1. The van der Waals surface area contributed by atoms with Crippen molar-refractivity contribution < 1.29 is 4.79 Å². The van der Waals surface area contributed by atoms with Crippen LogP contribution in [0.5, 0.6) is 0 Å². The van der Waals surface area contributed by atoms with Gasteiger partial charge in [-0.3, -0.25) is 18.5 Å². The third-order valence-corrected chi connectivity index (χ3v) is 6.24. The summed E-state index contributed by atoms with van der Waals surface area (Å²) in [5.41, 5.74) is 2.94. The van der Waals surface area contributed by atoms with E-state index in [1.54, 1.807) is 53.6 Å². The molecule has 0 atom stereocenters. The molecule has 0 aliphatic carbocycles. The Morgan fingerprint density at radius 2 is 1.84 bits per heavy atom. The molecule has 2 aromatic carbocycles. The molecule has 10 heteroatoms. The van der Waals surface area contributed by atoms with Gasteiger partial charge in [0.1, 0.15) is 0 Å². The second kappa shape index (κ2) is 9.05. The fraction of sp³-hybridized carbons (Fsp3) is 0.182. The smallest absolute Gasteiger partial charge is 0.325 e. The molecular formula is C22H21ClN6O2S. The number of carbonyl (C=O) groups excluding carboxylic acids is 1. The van der Waals surface area contributed by atoms with Gasteiger partial charge in [0.25, 0.3) is 0 Å². The van der Waals surface area contributed by atoms with Crippen LogP contribution in [-0.4, -0.2) is 35.6 Å². The number of anilines is 1. The Bertz CT molecular complexity index is 1370. The van der Waals surface area contributed by atoms with E-state index in [-0.39, 0.29) is 17.3 Å². The summed E-state index contributed by atoms with van der Waals surface area (Å²) in [5.74, 6) is 0.651. The molecule has 0 aliphatic rings. The Morgan fingerprint density at radius 1 is 1.12 bits per heavy atom. The van der Waals surface area contributed by atoms with E-state index in [1.165, 1.54) is 11.8 Å². The van der Waals surface area contributed by atoms with Crippen LogP contribution < -0.4 is 11.0 Å². The number of nitrogens with zero attached hydrogens (tertiary/aromatic N) is 5. The first kappa shape index (κ1) is 21.9. The topological polar surface area (TPSA) is 86.7 Å². The lowest BCUT2D eigenvalue weighted by Crippen LogP contribution is -2.19. The number of rotatable bonds is 7. The molecule has 0 unspecified atom stereocenters. The summed E-state index contributed by atoms with van der Waals surface area (Å²) in [6, 6.07) is 12.7. The fourth-order valence-corrected chi connectivity index (χ4v) is 4.29. The standard InChI is InChI=1S/C22H21ClN6O2S/c1-4-11-29-20(14-5-7-15(23)8-6-14)25-26-21(29)32-13-19(30)24-16-9-10-17-18(12-16)28(3)22(31)27(17)2/h4-10,12H,1,11,13H2,2-3H3,(H,24,30). The van der Waals surface area contributed by atoms with Crippen molar-refractivity contribution >= 4 is 46.0 Å². The van der Waals surface area contributed by atoms with E-state index < -0.39 is 0 Å². The lowest BCUT2D eigenvalue weighted by Gasteiger charge is -2.08. The highest BCUT2D eigenvalue weighted by Crippen LogP contribution is 2.25. The van der Waals surface area contributed by atoms with Crippen molar-refractivity contribution in [2.24, 2.45) is 14.1 Å². The molecule has 0 spiro atoms. The molecule has 8 nitrogen and oxygen atoms in total. The van der Waals surface area contributed by atoms with Crippen LogP contribution in [0.3, 0.4) is 0 Å². The molecule has 0 radical (unpaired) electrons. The Hall–Kier alpha value is -3.30. The second-order valence-electron chi connectivity index (χ2n) is 7.15. The summed E-state index contributed by atoms with van der Waals surface area (Å²) in [6.45, 7) is 4.31. The number of hydrogen-bond acceptors (Lipinski definition) is 5. The summed E-state index contributed by atoms with van der Waals surface area (Å²) in [4.78, 5) is 24.7. The summed E-state index contributed by atoms with van der Waals surface area (Å²) in [7, 11) is 3.42. The number of imidazole rings is 1. The highest BCUT2D eigenvalue weighted by Gasteiger charge is 2.16. The summed E-state index contributed by atoms with van der Waals surface area (Å²) >= 11 is 7.27. The van der Waals surface area contributed by atoms with E-state index in [2.05, 4.69) is 22.1 Å². The minimum Gasteiger partial charge on any atom is -0.325 e. The number of aromatic nitrogens is 5. The molecule has 0 aliphatic heterocycles. The highest BCUT2D eigenvalue weighted by atomic mass is 35.5. The first-order valence-electron chi connectivity index (χ1n) is 9.77. The maximum absolute atomic E-state index is 12.6. The Labute approximate surface area is 193 Å². The normalized spacial score (nSPS) is 11.1. The largest absolute Gasteiger partial charge is 0.328 e. The maximum atomic E-state index is 12.6. The summed E-state index contributed by atoms with van der Waals surface area (Å²) < 4.78 is 5.03. The van der Waals surface area contributed by atoms with Gasteiger partial charge in [-0.05, 0) is 42.5 Å². The van der Waals surface area contributed by atoms with Gasteiger partial charge in [0.15, 0.2) is 11.0 Å². The first-order chi connectivity index (χ1) is 15.4. The van der Waals surface area contributed by atoms with Crippen molar-refractivity contribution in [2.75, 3.05) is 11.1 Å². The third kappa shape index (κ3) is 4.21. The third-order valence-electron chi connectivity index (χ3n) is 5.02. The SMILES string of the molecule is C=CCn1c(SCC(=O)Nc2ccc3c(c2)n(C)c(=O)n3C)nnc1-c1ccc(Cl)cc1. The number of fused-ring (bicyclic) bond motifs is 1. The maximum Gasteiger partial charge on any atom is 0.328 e. The van der Waals surface area contributed by atoms with Crippen molar-refractivity contribution in [2.45, 2.75) is 11.7 Å². The Kier molecular flexibility index (Phi) is 6.20. The van der Waals surface area contributed by atoms with E-state index in [0.29, 0.717) is 28.2 Å². The zero-order valence-corrected chi connectivity index (χ0v) is 19.2. The minimum absolute atomic E-state index is 0.114. The van der Waals surface area contributed by atoms with Crippen LogP contribution in [0.15, 0.2) is 65.1 Å². The average molecular weight is 469 g/mol. The van der Waals surface area contributed by atoms with Crippen LogP contribution in [-0.2, 0) is 25.4 Å². The molecule has 0 fully saturated rings. The molecule has 4 aromatic rings. The Balaban J connectivity index is 1.49. The van der Waals surface area contributed by atoms with Crippen molar-refractivity contribution in [3.63, 3.8) is 0 Å². The summed E-state index contributed by atoms with van der Waals surface area (Å²) in [5, 5.41) is 12.7. The van der Waals surface area contributed by atoms with Crippen molar-refractivity contribution in [3.8, 4) is 11.4 Å². The number of thioether (sulfide) groups is 1. The predicted molar refractivity (Wildman–Crippen MR) is 128 cm³/mol. The van der Waals surface area contributed by atoms with Crippen molar-refractivity contribution in [1.82, 2.24) is 23.9 Å². The zero-order valence-electron chi connectivity index (χ0n) is 17.6. The van der Waals surface area contributed by atoms with Crippen LogP contribution in [0.4, 0.5) is 5.69 Å². The second-order valence-corrected chi connectivity index (χ2v) is 8.53. The van der Waals surface area contributed by atoms with Gasteiger partial charge in [0.2, 0.25) is 5.91 Å². The number of aryl methyl sites for hydroxylation is 2. The van der Waals surface area contributed by atoms with E-state index in [4.69, 9.17) is 11.6 Å². The number of amides is 1. The highest BCUT2D eigenvalue weighted by molar-refractivity contribution is 7.99. The van der Waals surface area contributed by atoms with Gasteiger partial charge >= 0.3 is 5.69 Å². The molecule has 1 amide bonds. The molecule has 0 saturated heterocycles. The van der Waals surface area contributed by atoms with Gasteiger partial charge in [-0.15, -0.1) is 16.8 Å². The minimum atomic E-state index is -0.184. The molecule has 0 bridgehead atoms. The van der Waals surface area contributed by atoms with E-state index in [0.717, 1.165) is 16.6 Å². The lowest BCUT2D eigenvalue weighted by atomic mass is 10.2. The van der Waals surface area contributed by atoms with Gasteiger partial charge in [-0.25, -0.2) is 4.79 Å². The van der Waals surface area contributed by atoms with Crippen LogP contribution in [0.25, 0.3) is 22.4 Å². The number of halogens is 1.